The molecular weight excluding hydrogens is 231 g/mol. The van der Waals surface area contributed by atoms with Crippen LogP contribution in [0.15, 0.2) is 18.2 Å². The predicted octanol–water partition coefficient (Wildman–Crippen LogP) is 2.57. The Labute approximate surface area is 98.3 Å². The molecule has 17 heavy (non-hydrogen) atoms. The van der Waals surface area contributed by atoms with E-state index in [-0.39, 0.29) is 6.54 Å². The highest BCUT2D eigenvalue weighted by Gasteiger charge is 2.32. The number of benzene rings is 1. The van der Waals surface area contributed by atoms with E-state index in [0.29, 0.717) is 17.5 Å². The van der Waals surface area contributed by atoms with Gasteiger partial charge in [0.25, 0.3) is 0 Å². The zero-order valence-corrected chi connectivity index (χ0v) is 9.80. The quantitative estimate of drug-likeness (QED) is 0.862. The molecule has 0 amide bonds. The van der Waals surface area contributed by atoms with Gasteiger partial charge in [-0.1, -0.05) is 6.07 Å². The molecule has 0 saturated heterocycles. The summed E-state index contributed by atoms with van der Waals surface area (Å²) in [4.78, 5) is 0. The molecule has 0 radical (unpaired) electrons. The van der Waals surface area contributed by atoms with Gasteiger partial charge in [-0.25, -0.2) is 0 Å². The molecule has 1 aromatic rings. The first kappa shape index (κ1) is 14.0. The molecule has 0 aliphatic rings. The van der Waals surface area contributed by atoms with E-state index in [0.717, 1.165) is 12.1 Å². The Morgan fingerprint density at radius 3 is 2.29 bits per heavy atom. The lowest BCUT2D eigenvalue weighted by atomic mass is 9.88. The molecule has 1 atom stereocenters. The van der Waals surface area contributed by atoms with Gasteiger partial charge < -0.3 is 10.8 Å². The molecule has 3 N–H and O–H groups in total. The third-order valence-electron chi connectivity index (χ3n) is 2.77. The summed E-state index contributed by atoms with van der Waals surface area (Å²) in [6, 6.07) is 3.33. The summed E-state index contributed by atoms with van der Waals surface area (Å²) in [5.41, 5.74) is 4.36. The molecule has 0 aliphatic heterocycles. The van der Waals surface area contributed by atoms with Crippen molar-refractivity contribution in [3.05, 3.63) is 34.9 Å². The minimum absolute atomic E-state index is 0.271. The number of alkyl halides is 3. The predicted molar refractivity (Wildman–Crippen MR) is 59.4 cm³/mol. The van der Waals surface area contributed by atoms with E-state index in [1.807, 2.05) is 0 Å². The summed E-state index contributed by atoms with van der Waals surface area (Å²) in [6.07, 6.45) is -4.05. The fourth-order valence-electron chi connectivity index (χ4n) is 1.86. The largest absolute Gasteiger partial charge is 0.416 e. The number of aliphatic hydroxyl groups is 1. The van der Waals surface area contributed by atoms with Crippen molar-refractivity contribution in [1.82, 2.24) is 0 Å². The maximum absolute atomic E-state index is 12.5. The average molecular weight is 247 g/mol. The third-order valence-corrected chi connectivity index (χ3v) is 2.77. The normalized spacial score (nSPS) is 15.7. The first-order valence-corrected chi connectivity index (χ1v) is 5.29. The fraction of sp³-hybridized carbons (Fsp3) is 0.500. The van der Waals surface area contributed by atoms with E-state index >= 15 is 0 Å². The molecule has 0 heterocycles. The van der Waals surface area contributed by atoms with Crippen molar-refractivity contribution in [2.45, 2.75) is 32.0 Å². The van der Waals surface area contributed by atoms with E-state index in [1.54, 1.807) is 13.8 Å². The molecule has 0 aromatic heterocycles. The maximum Gasteiger partial charge on any atom is 0.416 e. The number of hydrogen-bond donors (Lipinski definition) is 2. The number of halogens is 3. The van der Waals surface area contributed by atoms with Crippen LogP contribution in [0.4, 0.5) is 13.2 Å². The summed E-state index contributed by atoms with van der Waals surface area (Å²) >= 11 is 0. The highest BCUT2D eigenvalue weighted by Crippen LogP contribution is 2.33. The molecule has 1 unspecified atom stereocenters. The van der Waals surface area contributed by atoms with E-state index in [9.17, 15) is 18.3 Å². The second-order valence-electron chi connectivity index (χ2n) is 4.34. The van der Waals surface area contributed by atoms with Gasteiger partial charge in [0.15, 0.2) is 0 Å². The number of nitrogens with two attached hydrogens (primary N) is 1. The molecule has 0 saturated carbocycles. The SMILES string of the molecule is Cc1cc(C(F)(F)F)ccc1C(C)(O)CCN. The fourth-order valence-corrected chi connectivity index (χ4v) is 1.86. The zero-order chi connectivity index (χ0) is 13.3. The highest BCUT2D eigenvalue weighted by atomic mass is 19.4. The van der Waals surface area contributed by atoms with Crippen molar-refractivity contribution < 1.29 is 18.3 Å². The van der Waals surface area contributed by atoms with Crippen LogP contribution in [0.3, 0.4) is 0 Å². The average Bonchev–Trinajstić information content (AvgIpc) is 2.15. The molecule has 5 heteroatoms. The molecule has 0 spiro atoms. The molecule has 1 rings (SSSR count). The van der Waals surface area contributed by atoms with Crippen LogP contribution >= 0.6 is 0 Å². The van der Waals surface area contributed by atoms with Crippen LogP contribution in [0, 0.1) is 6.92 Å². The Morgan fingerprint density at radius 2 is 1.88 bits per heavy atom. The highest BCUT2D eigenvalue weighted by molar-refractivity contribution is 5.36. The third kappa shape index (κ3) is 3.20. The van der Waals surface area contributed by atoms with Crippen molar-refractivity contribution in [3.63, 3.8) is 0 Å². The van der Waals surface area contributed by atoms with Gasteiger partial charge in [0, 0.05) is 0 Å². The van der Waals surface area contributed by atoms with Gasteiger partial charge in [-0.2, -0.15) is 13.2 Å². The van der Waals surface area contributed by atoms with Crippen LogP contribution in [-0.4, -0.2) is 11.7 Å². The van der Waals surface area contributed by atoms with Gasteiger partial charge in [-0.3, -0.25) is 0 Å². The van der Waals surface area contributed by atoms with Crippen LogP contribution in [0.1, 0.15) is 30.0 Å². The number of hydrogen-bond acceptors (Lipinski definition) is 2. The van der Waals surface area contributed by atoms with Gasteiger partial charge >= 0.3 is 6.18 Å². The monoisotopic (exact) mass is 247 g/mol. The summed E-state index contributed by atoms with van der Waals surface area (Å²) < 4.78 is 37.4. The van der Waals surface area contributed by atoms with E-state index in [2.05, 4.69) is 0 Å². The second kappa shape index (κ2) is 4.66. The van der Waals surface area contributed by atoms with Crippen molar-refractivity contribution in [3.8, 4) is 0 Å². The summed E-state index contributed by atoms with van der Waals surface area (Å²) in [5.74, 6) is 0. The number of aryl methyl sites for hydroxylation is 1. The summed E-state index contributed by atoms with van der Waals surface area (Å²) in [6.45, 7) is 3.37. The molecule has 1 aromatic carbocycles. The van der Waals surface area contributed by atoms with Crippen molar-refractivity contribution in [2.75, 3.05) is 6.54 Å². The lowest BCUT2D eigenvalue weighted by Gasteiger charge is -2.25. The Bertz CT molecular complexity index is 399. The molecule has 2 nitrogen and oxygen atoms in total. The van der Waals surface area contributed by atoms with Gasteiger partial charge in [0.2, 0.25) is 0 Å². The van der Waals surface area contributed by atoms with Crippen molar-refractivity contribution in [2.24, 2.45) is 5.73 Å². The first-order valence-electron chi connectivity index (χ1n) is 5.29. The number of rotatable bonds is 3. The second-order valence-corrected chi connectivity index (χ2v) is 4.34. The minimum atomic E-state index is -4.36. The smallest absolute Gasteiger partial charge is 0.385 e. The Hall–Kier alpha value is -1.07. The lowest BCUT2D eigenvalue weighted by molar-refractivity contribution is -0.137. The standard InChI is InChI=1S/C12H16F3NO/c1-8-7-9(12(13,14)15)3-4-10(8)11(2,17)5-6-16/h3-4,7,17H,5-6,16H2,1-2H3. The lowest BCUT2D eigenvalue weighted by Crippen LogP contribution is -2.26. The van der Waals surface area contributed by atoms with Gasteiger partial charge in [-0.15, -0.1) is 0 Å². The summed E-state index contributed by atoms with van der Waals surface area (Å²) in [5, 5.41) is 10.1. The van der Waals surface area contributed by atoms with Crippen LogP contribution in [0.25, 0.3) is 0 Å². The topological polar surface area (TPSA) is 46.2 Å². The van der Waals surface area contributed by atoms with Gasteiger partial charge in [0.1, 0.15) is 0 Å². The van der Waals surface area contributed by atoms with E-state index in [1.165, 1.54) is 6.07 Å². The minimum Gasteiger partial charge on any atom is -0.385 e. The van der Waals surface area contributed by atoms with Crippen molar-refractivity contribution >= 4 is 0 Å². The zero-order valence-electron chi connectivity index (χ0n) is 9.80. The Morgan fingerprint density at radius 1 is 1.29 bits per heavy atom. The Kier molecular flexibility index (Phi) is 3.84. The van der Waals surface area contributed by atoms with Crippen LogP contribution in [0.2, 0.25) is 0 Å². The van der Waals surface area contributed by atoms with Crippen LogP contribution in [-0.2, 0) is 11.8 Å². The van der Waals surface area contributed by atoms with Crippen LogP contribution < -0.4 is 5.73 Å². The molecule has 0 aliphatic carbocycles. The molecule has 0 bridgehead atoms. The van der Waals surface area contributed by atoms with E-state index in [4.69, 9.17) is 5.73 Å². The first-order chi connectivity index (χ1) is 7.68. The van der Waals surface area contributed by atoms with Crippen molar-refractivity contribution in [1.29, 1.82) is 0 Å². The van der Waals surface area contributed by atoms with Crippen LogP contribution in [0.5, 0.6) is 0 Å². The van der Waals surface area contributed by atoms with E-state index < -0.39 is 17.3 Å². The van der Waals surface area contributed by atoms with Gasteiger partial charge in [-0.05, 0) is 50.1 Å². The Balaban J connectivity index is 3.14. The summed E-state index contributed by atoms with van der Waals surface area (Å²) in [7, 11) is 0. The van der Waals surface area contributed by atoms with Gasteiger partial charge in [0.05, 0.1) is 11.2 Å². The maximum atomic E-state index is 12.5. The molecule has 96 valence electrons. The molecular formula is C12H16F3NO. The molecule has 0 fully saturated rings.